The van der Waals surface area contributed by atoms with Crippen LogP contribution in [0, 0.1) is 5.41 Å². The molecule has 98 valence electrons. The molecule has 1 aliphatic heterocycles. The Kier molecular flexibility index (Phi) is 3.66. The third-order valence-corrected chi connectivity index (χ3v) is 2.74. The predicted octanol–water partition coefficient (Wildman–Crippen LogP) is 0.574. The van der Waals surface area contributed by atoms with Crippen LogP contribution < -0.4 is 10.6 Å². The lowest BCUT2D eigenvalue weighted by molar-refractivity contribution is -0.148. The third kappa shape index (κ3) is 3.33. The molecule has 1 fully saturated rings. The molecule has 2 atom stereocenters. The Hall–Kier alpha value is -1.30. The van der Waals surface area contributed by atoms with Gasteiger partial charge < -0.3 is 20.5 Å². The van der Waals surface area contributed by atoms with Gasteiger partial charge in [0.1, 0.15) is 5.41 Å². The van der Waals surface area contributed by atoms with Crippen molar-refractivity contribution in [2.75, 3.05) is 13.2 Å². The molecule has 2 unspecified atom stereocenters. The zero-order chi connectivity index (χ0) is 13.3. The van der Waals surface area contributed by atoms with Crippen molar-refractivity contribution in [3.05, 3.63) is 0 Å². The number of carbonyl (C=O) groups is 2. The highest BCUT2D eigenvalue weighted by Crippen LogP contribution is 2.28. The van der Waals surface area contributed by atoms with E-state index in [-0.39, 0.29) is 24.8 Å². The van der Waals surface area contributed by atoms with Crippen molar-refractivity contribution in [1.82, 2.24) is 10.6 Å². The van der Waals surface area contributed by atoms with Crippen LogP contribution in [-0.2, 0) is 9.53 Å². The van der Waals surface area contributed by atoms with Crippen LogP contribution in [0.15, 0.2) is 0 Å². The van der Waals surface area contributed by atoms with Gasteiger partial charge in [0.25, 0.3) is 0 Å². The molecule has 0 aromatic rings. The van der Waals surface area contributed by atoms with Crippen molar-refractivity contribution < 1.29 is 19.4 Å². The van der Waals surface area contributed by atoms with Crippen molar-refractivity contribution in [3.8, 4) is 0 Å². The lowest BCUT2D eigenvalue weighted by Crippen LogP contribution is -2.55. The Labute approximate surface area is 101 Å². The quantitative estimate of drug-likeness (QED) is 0.663. The number of carboxylic acid groups (broad SMARTS) is 1. The van der Waals surface area contributed by atoms with E-state index in [1.165, 1.54) is 0 Å². The molecule has 1 aliphatic rings. The second-order valence-electron chi connectivity index (χ2n) is 5.64. The first-order chi connectivity index (χ1) is 7.65. The van der Waals surface area contributed by atoms with E-state index in [1.54, 1.807) is 6.92 Å². The molecule has 0 aromatic carbocycles. The molecule has 3 N–H and O–H groups in total. The Bertz CT molecular complexity index is 324. The highest BCUT2D eigenvalue weighted by molar-refractivity contribution is 5.79. The highest BCUT2D eigenvalue weighted by Gasteiger charge is 2.47. The van der Waals surface area contributed by atoms with Gasteiger partial charge in [-0.2, -0.15) is 0 Å². The number of urea groups is 1. The molecule has 0 radical (unpaired) electrons. The summed E-state index contributed by atoms with van der Waals surface area (Å²) in [6.07, 6.45) is 0. The van der Waals surface area contributed by atoms with Gasteiger partial charge in [0.15, 0.2) is 0 Å². The molecule has 0 saturated carbocycles. The molecule has 0 spiro atoms. The Morgan fingerprint density at radius 3 is 2.47 bits per heavy atom. The first-order valence-corrected chi connectivity index (χ1v) is 5.55. The van der Waals surface area contributed by atoms with Gasteiger partial charge >= 0.3 is 12.0 Å². The molecule has 17 heavy (non-hydrogen) atoms. The van der Waals surface area contributed by atoms with Crippen LogP contribution in [0.4, 0.5) is 4.79 Å². The highest BCUT2D eigenvalue weighted by atomic mass is 16.5. The number of nitrogens with one attached hydrogen (secondary N) is 2. The minimum Gasteiger partial charge on any atom is -0.481 e. The molecule has 1 heterocycles. The fourth-order valence-electron chi connectivity index (χ4n) is 1.62. The average molecular weight is 244 g/mol. The second-order valence-corrected chi connectivity index (χ2v) is 5.64. The van der Waals surface area contributed by atoms with Crippen LogP contribution in [0.3, 0.4) is 0 Å². The number of hydrogen-bond acceptors (Lipinski definition) is 3. The lowest BCUT2D eigenvalue weighted by atomic mass is 9.85. The number of amides is 2. The van der Waals surface area contributed by atoms with Gasteiger partial charge in [-0.1, -0.05) is 0 Å². The predicted molar refractivity (Wildman–Crippen MR) is 61.8 cm³/mol. The van der Waals surface area contributed by atoms with Gasteiger partial charge in [0.05, 0.1) is 19.3 Å². The van der Waals surface area contributed by atoms with Crippen LogP contribution in [0.25, 0.3) is 0 Å². The molecule has 2 amide bonds. The van der Waals surface area contributed by atoms with E-state index in [2.05, 4.69) is 10.6 Å². The van der Waals surface area contributed by atoms with E-state index in [1.807, 2.05) is 20.8 Å². The second kappa shape index (κ2) is 4.52. The van der Waals surface area contributed by atoms with Gasteiger partial charge in [-0.3, -0.25) is 4.79 Å². The van der Waals surface area contributed by atoms with E-state index in [0.717, 1.165) is 0 Å². The smallest absolute Gasteiger partial charge is 0.315 e. The largest absolute Gasteiger partial charge is 0.481 e. The number of carboxylic acids is 1. The zero-order valence-corrected chi connectivity index (χ0v) is 10.7. The number of ether oxygens (including phenoxy) is 1. The maximum atomic E-state index is 11.7. The SMILES string of the molecule is CC(C)(C)NC(=O)NC1COCC1(C)C(=O)O. The Balaban J connectivity index is 2.63. The van der Waals surface area contributed by atoms with Crippen LogP contribution in [-0.4, -0.2) is 41.9 Å². The van der Waals surface area contributed by atoms with Crippen molar-refractivity contribution in [2.24, 2.45) is 5.41 Å². The number of aliphatic carboxylic acids is 1. The summed E-state index contributed by atoms with van der Waals surface area (Å²) < 4.78 is 5.14. The fraction of sp³-hybridized carbons (Fsp3) is 0.818. The summed E-state index contributed by atoms with van der Waals surface area (Å²) in [5.74, 6) is -0.962. The summed E-state index contributed by atoms with van der Waals surface area (Å²) in [6, 6.07) is -0.886. The van der Waals surface area contributed by atoms with Crippen LogP contribution >= 0.6 is 0 Å². The molecular formula is C11H20N2O4. The molecule has 1 saturated heterocycles. The summed E-state index contributed by atoms with van der Waals surface area (Å²) in [4.78, 5) is 22.8. The van der Waals surface area contributed by atoms with Gasteiger partial charge in [-0.05, 0) is 27.7 Å². The number of carbonyl (C=O) groups excluding carboxylic acids is 1. The first kappa shape index (κ1) is 13.8. The molecule has 0 bridgehead atoms. The monoisotopic (exact) mass is 244 g/mol. The molecule has 0 aromatic heterocycles. The Morgan fingerprint density at radius 1 is 1.41 bits per heavy atom. The van der Waals surface area contributed by atoms with E-state index >= 15 is 0 Å². The third-order valence-electron chi connectivity index (χ3n) is 2.74. The molecular weight excluding hydrogens is 224 g/mol. The van der Waals surface area contributed by atoms with Crippen molar-refractivity contribution in [3.63, 3.8) is 0 Å². The van der Waals surface area contributed by atoms with E-state index < -0.39 is 17.4 Å². The van der Waals surface area contributed by atoms with E-state index in [9.17, 15) is 9.59 Å². The first-order valence-electron chi connectivity index (χ1n) is 5.55. The van der Waals surface area contributed by atoms with E-state index in [0.29, 0.717) is 0 Å². The minimum absolute atomic E-state index is 0.114. The standard InChI is InChI=1S/C11H20N2O4/c1-10(2,3)13-9(16)12-7-5-17-6-11(7,4)8(14)15/h7H,5-6H2,1-4H3,(H,14,15)(H2,12,13,16). The average Bonchev–Trinajstić information content (AvgIpc) is 2.45. The Morgan fingerprint density at radius 2 is 2.00 bits per heavy atom. The topological polar surface area (TPSA) is 87.7 Å². The number of hydrogen-bond donors (Lipinski definition) is 3. The summed E-state index contributed by atoms with van der Waals surface area (Å²) in [7, 11) is 0. The minimum atomic E-state index is -1.06. The molecule has 6 nitrogen and oxygen atoms in total. The summed E-state index contributed by atoms with van der Waals surface area (Å²) in [5, 5.41) is 14.5. The normalized spacial score (nSPS) is 28.8. The van der Waals surface area contributed by atoms with Gasteiger partial charge in [0, 0.05) is 5.54 Å². The number of rotatable bonds is 2. The summed E-state index contributed by atoms with van der Waals surface area (Å²) in [5.41, 5.74) is -1.42. The van der Waals surface area contributed by atoms with Gasteiger partial charge in [-0.15, -0.1) is 0 Å². The molecule has 1 rings (SSSR count). The maximum absolute atomic E-state index is 11.7. The van der Waals surface area contributed by atoms with Crippen LogP contribution in [0.2, 0.25) is 0 Å². The van der Waals surface area contributed by atoms with Crippen LogP contribution in [0.5, 0.6) is 0 Å². The molecule has 6 heteroatoms. The maximum Gasteiger partial charge on any atom is 0.315 e. The van der Waals surface area contributed by atoms with Gasteiger partial charge in [0.2, 0.25) is 0 Å². The van der Waals surface area contributed by atoms with E-state index in [4.69, 9.17) is 9.84 Å². The summed E-state index contributed by atoms with van der Waals surface area (Å²) in [6.45, 7) is 7.48. The fourth-order valence-corrected chi connectivity index (χ4v) is 1.62. The summed E-state index contributed by atoms with van der Waals surface area (Å²) >= 11 is 0. The van der Waals surface area contributed by atoms with Crippen molar-refractivity contribution in [1.29, 1.82) is 0 Å². The van der Waals surface area contributed by atoms with Crippen molar-refractivity contribution >= 4 is 12.0 Å². The van der Waals surface area contributed by atoms with Gasteiger partial charge in [-0.25, -0.2) is 4.79 Å². The molecule has 0 aliphatic carbocycles. The van der Waals surface area contributed by atoms with Crippen LogP contribution in [0.1, 0.15) is 27.7 Å². The van der Waals surface area contributed by atoms with Crippen molar-refractivity contribution in [2.45, 2.75) is 39.3 Å². The zero-order valence-electron chi connectivity index (χ0n) is 10.7. The lowest BCUT2D eigenvalue weighted by Gasteiger charge is -2.28.